The van der Waals surface area contributed by atoms with Crippen molar-refractivity contribution in [2.75, 3.05) is 13.2 Å². The molecule has 0 saturated carbocycles. The normalized spacial score (nSPS) is 12.6. The Balaban J connectivity index is 3.35. The summed E-state index contributed by atoms with van der Waals surface area (Å²) in [6.45, 7) is 4.97. The molecule has 6 nitrogen and oxygen atoms in total. The SMILES string of the molecule is CCCCCCCCCCCCCCCCCCC(=O)OCCCCCCCCCCCCCC/C=C\CCCCCCCCCCCC(=O)NC(CO)C(O)CCCCCCCCCCCCC. The number of nitrogens with one attached hydrogen (secondary N) is 1. The van der Waals surface area contributed by atoms with Crippen molar-refractivity contribution < 1.29 is 24.5 Å². The van der Waals surface area contributed by atoms with Gasteiger partial charge in [0, 0.05) is 12.8 Å². The molecule has 3 N–H and O–H groups in total. The van der Waals surface area contributed by atoms with Gasteiger partial charge in [-0.25, -0.2) is 0 Å². The number of aliphatic hydroxyl groups is 2. The first-order valence-corrected chi connectivity index (χ1v) is 31.4. The van der Waals surface area contributed by atoms with Crippen LogP contribution in [0.25, 0.3) is 0 Å². The Hall–Kier alpha value is -1.40. The third-order valence-corrected chi connectivity index (χ3v) is 14.8. The maximum absolute atomic E-state index is 12.4. The minimum absolute atomic E-state index is 0.0175. The highest BCUT2D eigenvalue weighted by Crippen LogP contribution is 2.18. The van der Waals surface area contributed by atoms with Crippen molar-refractivity contribution in [3.05, 3.63) is 12.2 Å². The average molecular weight is 975 g/mol. The summed E-state index contributed by atoms with van der Waals surface area (Å²) in [7, 11) is 0. The van der Waals surface area contributed by atoms with Gasteiger partial charge in [0.2, 0.25) is 5.91 Å². The third-order valence-electron chi connectivity index (χ3n) is 14.8. The second-order valence-electron chi connectivity index (χ2n) is 21.7. The molecule has 6 heteroatoms. The Kier molecular flexibility index (Phi) is 58.0. The van der Waals surface area contributed by atoms with Crippen molar-refractivity contribution in [3.63, 3.8) is 0 Å². The van der Waals surface area contributed by atoms with E-state index in [9.17, 15) is 19.8 Å². The molecule has 0 bridgehead atoms. The van der Waals surface area contributed by atoms with Gasteiger partial charge in [0.15, 0.2) is 0 Å². The van der Waals surface area contributed by atoms with E-state index in [-0.39, 0.29) is 18.5 Å². The van der Waals surface area contributed by atoms with Crippen LogP contribution in [0.1, 0.15) is 354 Å². The molecular formula is C63H123NO5. The van der Waals surface area contributed by atoms with E-state index in [4.69, 9.17) is 4.74 Å². The molecule has 0 spiro atoms. The highest BCUT2D eigenvalue weighted by Gasteiger charge is 2.20. The Morgan fingerprint density at radius 3 is 1.03 bits per heavy atom. The molecule has 0 aliphatic rings. The molecule has 1 amide bonds. The molecule has 69 heavy (non-hydrogen) atoms. The summed E-state index contributed by atoms with van der Waals surface area (Å²) in [5.74, 6) is -0.0200. The van der Waals surface area contributed by atoms with E-state index in [0.717, 1.165) is 38.5 Å². The summed E-state index contributed by atoms with van der Waals surface area (Å²) in [4.78, 5) is 24.5. The second kappa shape index (κ2) is 59.2. The minimum atomic E-state index is -0.664. The molecule has 0 fully saturated rings. The zero-order valence-electron chi connectivity index (χ0n) is 46.8. The summed E-state index contributed by atoms with van der Waals surface area (Å²) in [6.07, 6.45) is 70.9. The molecule has 0 rings (SSSR count). The van der Waals surface area contributed by atoms with Crippen LogP contribution in [0.4, 0.5) is 0 Å². The quantitative estimate of drug-likeness (QED) is 0.0321. The fraction of sp³-hybridized carbons (Fsp3) is 0.937. The summed E-state index contributed by atoms with van der Waals surface area (Å²) >= 11 is 0. The molecule has 0 aliphatic carbocycles. The zero-order valence-corrected chi connectivity index (χ0v) is 46.8. The maximum atomic E-state index is 12.4. The number of ether oxygens (including phenoxy) is 1. The number of unbranched alkanes of at least 4 members (excludes halogenated alkanes) is 46. The van der Waals surface area contributed by atoms with E-state index in [0.29, 0.717) is 25.9 Å². The molecule has 0 heterocycles. The van der Waals surface area contributed by atoms with Crippen LogP contribution in [0.15, 0.2) is 12.2 Å². The van der Waals surface area contributed by atoms with Gasteiger partial charge in [-0.15, -0.1) is 0 Å². The van der Waals surface area contributed by atoms with E-state index in [1.165, 1.54) is 283 Å². The van der Waals surface area contributed by atoms with Crippen molar-refractivity contribution in [3.8, 4) is 0 Å². The molecule has 0 radical (unpaired) electrons. The van der Waals surface area contributed by atoms with Gasteiger partial charge in [0.05, 0.1) is 25.4 Å². The smallest absolute Gasteiger partial charge is 0.305 e. The van der Waals surface area contributed by atoms with Gasteiger partial charge in [-0.05, 0) is 51.4 Å². The van der Waals surface area contributed by atoms with Gasteiger partial charge in [-0.2, -0.15) is 0 Å². The maximum Gasteiger partial charge on any atom is 0.305 e. The first-order chi connectivity index (χ1) is 34.0. The number of aliphatic hydroxyl groups excluding tert-OH is 2. The largest absolute Gasteiger partial charge is 0.466 e. The van der Waals surface area contributed by atoms with E-state index in [2.05, 4.69) is 31.3 Å². The fourth-order valence-electron chi connectivity index (χ4n) is 9.99. The number of carbonyl (C=O) groups is 2. The number of esters is 1. The molecule has 2 unspecified atom stereocenters. The zero-order chi connectivity index (χ0) is 50.0. The summed E-state index contributed by atoms with van der Waals surface area (Å²) < 4.78 is 5.50. The highest BCUT2D eigenvalue weighted by molar-refractivity contribution is 5.76. The lowest BCUT2D eigenvalue weighted by Gasteiger charge is -2.22. The first-order valence-electron chi connectivity index (χ1n) is 31.4. The first kappa shape index (κ1) is 67.6. The Bertz CT molecular complexity index is 1030. The van der Waals surface area contributed by atoms with Gasteiger partial charge in [0.1, 0.15) is 0 Å². The average Bonchev–Trinajstić information content (AvgIpc) is 3.35. The lowest BCUT2D eigenvalue weighted by atomic mass is 10.0. The standard InChI is InChI=1S/C63H123NO5/c1-3-5-7-9-11-13-15-16-17-30-33-37-41-45-49-53-57-63(68)69-58-54-50-46-42-38-34-31-28-26-24-22-20-18-19-21-23-25-27-29-32-36-40-44-48-52-56-62(67)64-60(59-65)61(66)55-51-47-43-39-35-14-12-10-8-6-4-2/h19,21,60-61,65-66H,3-18,20,22-59H2,1-2H3,(H,64,67)/b21-19-. The van der Waals surface area contributed by atoms with Crippen LogP contribution >= 0.6 is 0 Å². The molecule has 2 atom stereocenters. The molecule has 0 aromatic rings. The molecule has 410 valence electrons. The van der Waals surface area contributed by atoms with Crippen LogP contribution in [0.5, 0.6) is 0 Å². The van der Waals surface area contributed by atoms with Crippen molar-refractivity contribution in [2.45, 2.75) is 366 Å². The second-order valence-corrected chi connectivity index (χ2v) is 21.7. The van der Waals surface area contributed by atoms with Gasteiger partial charge in [-0.3, -0.25) is 9.59 Å². The summed E-state index contributed by atoms with van der Waals surface area (Å²) in [5.41, 5.74) is 0. The molecule has 0 aliphatic heterocycles. The number of hydrogen-bond acceptors (Lipinski definition) is 5. The number of carbonyl (C=O) groups excluding carboxylic acids is 2. The van der Waals surface area contributed by atoms with E-state index in [1.807, 2.05) is 0 Å². The predicted octanol–water partition coefficient (Wildman–Crippen LogP) is 19.6. The van der Waals surface area contributed by atoms with Crippen molar-refractivity contribution in [1.82, 2.24) is 5.32 Å². The Morgan fingerprint density at radius 2 is 0.681 bits per heavy atom. The predicted molar refractivity (Wildman–Crippen MR) is 301 cm³/mol. The lowest BCUT2D eigenvalue weighted by Crippen LogP contribution is -2.45. The minimum Gasteiger partial charge on any atom is -0.466 e. The number of allylic oxidation sites excluding steroid dienone is 2. The Morgan fingerprint density at radius 1 is 0.391 bits per heavy atom. The van der Waals surface area contributed by atoms with Gasteiger partial charge in [-0.1, -0.05) is 302 Å². The van der Waals surface area contributed by atoms with Crippen molar-refractivity contribution in [1.29, 1.82) is 0 Å². The molecular weight excluding hydrogens is 851 g/mol. The van der Waals surface area contributed by atoms with Gasteiger partial charge in [0.25, 0.3) is 0 Å². The van der Waals surface area contributed by atoms with Gasteiger partial charge < -0.3 is 20.3 Å². The number of amides is 1. The molecule has 0 aromatic carbocycles. The molecule has 0 aromatic heterocycles. The van der Waals surface area contributed by atoms with Crippen LogP contribution in [-0.2, 0) is 14.3 Å². The van der Waals surface area contributed by atoms with Crippen LogP contribution in [0.2, 0.25) is 0 Å². The Labute approximate surface area is 431 Å². The van der Waals surface area contributed by atoms with Crippen molar-refractivity contribution >= 4 is 11.9 Å². The van der Waals surface area contributed by atoms with E-state index in [1.54, 1.807) is 0 Å². The monoisotopic (exact) mass is 974 g/mol. The summed E-state index contributed by atoms with van der Waals surface area (Å²) in [6, 6.07) is -0.541. The van der Waals surface area contributed by atoms with Crippen molar-refractivity contribution in [2.24, 2.45) is 0 Å². The fourth-order valence-corrected chi connectivity index (χ4v) is 9.99. The number of rotatable bonds is 59. The molecule has 0 saturated heterocycles. The van der Waals surface area contributed by atoms with E-state index >= 15 is 0 Å². The lowest BCUT2D eigenvalue weighted by molar-refractivity contribution is -0.143. The summed E-state index contributed by atoms with van der Waals surface area (Å²) in [5, 5.41) is 23.2. The van der Waals surface area contributed by atoms with Crippen LogP contribution in [-0.4, -0.2) is 47.4 Å². The van der Waals surface area contributed by atoms with Crippen LogP contribution in [0.3, 0.4) is 0 Å². The topological polar surface area (TPSA) is 95.9 Å². The van der Waals surface area contributed by atoms with Gasteiger partial charge >= 0.3 is 5.97 Å². The van der Waals surface area contributed by atoms with E-state index < -0.39 is 12.1 Å². The highest BCUT2D eigenvalue weighted by atomic mass is 16.5. The van der Waals surface area contributed by atoms with Crippen LogP contribution < -0.4 is 5.32 Å². The van der Waals surface area contributed by atoms with Crippen LogP contribution in [0, 0.1) is 0 Å². The number of hydrogen-bond donors (Lipinski definition) is 3. The third kappa shape index (κ3) is 55.8.